The van der Waals surface area contributed by atoms with Crippen molar-refractivity contribution in [2.75, 3.05) is 26.4 Å². The fraction of sp³-hybridized carbons (Fsp3) is 0.724. The number of esters is 2. The molecule has 2 atom stereocenters. The van der Waals surface area contributed by atoms with E-state index in [9.17, 15) is 19.0 Å². The van der Waals surface area contributed by atoms with Crippen molar-refractivity contribution in [3.63, 3.8) is 0 Å². The Morgan fingerprint density at radius 1 is 0.320 bits per heavy atom. The van der Waals surface area contributed by atoms with E-state index in [4.69, 9.17) is 24.3 Å². The monoisotopic (exact) mass is 1370 g/mol. The summed E-state index contributed by atoms with van der Waals surface area (Å²) < 4.78 is 33.3. The summed E-state index contributed by atoms with van der Waals surface area (Å²) in [5.41, 5.74) is 5.42. The first kappa shape index (κ1) is 93.2. The summed E-state index contributed by atoms with van der Waals surface area (Å²) in [6.07, 6.45) is 116. The van der Waals surface area contributed by atoms with Crippen LogP contribution in [0.1, 0.15) is 373 Å². The fourth-order valence-corrected chi connectivity index (χ4v) is 12.3. The van der Waals surface area contributed by atoms with Crippen LogP contribution < -0.4 is 5.73 Å². The van der Waals surface area contributed by atoms with E-state index in [1.807, 2.05) is 0 Å². The average Bonchev–Trinajstić information content (AvgIpc) is 2.17. The molecule has 0 aromatic rings. The van der Waals surface area contributed by atoms with Crippen LogP contribution in [0.3, 0.4) is 0 Å². The number of unbranched alkanes of at least 4 members (excludes halogenated alkanes) is 41. The van der Waals surface area contributed by atoms with Crippen LogP contribution in [0.5, 0.6) is 0 Å². The van der Waals surface area contributed by atoms with Gasteiger partial charge in [0.05, 0.1) is 13.2 Å². The maximum Gasteiger partial charge on any atom is 0.472 e. The van der Waals surface area contributed by atoms with Crippen LogP contribution in [0.4, 0.5) is 0 Å². The maximum atomic E-state index is 12.8. The molecule has 3 N–H and O–H groups in total. The molecule has 0 bridgehead atoms. The van der Waals surface area contributed by atoms with Crippen LogP contribution in [0.15, 0.2) is 134 Å². The highest BCUT2D eigenvalue weighted by Gasteiger charge is 2.26. The van der Waals surface area contributed by atoms with Crippen LogP contribution in [-0.2, 0) is 32.7 Å². The number of ether oxygens (including phenoxy) is 2. The number of carbonyl (C=O) groups is 2. The lowest BCUT2D eigenvalue weighted by atomic mass is 10.0. The minimum absolute atomic E-state index is 0.0484. The number of phosphoric acid groups is 1. The van der Waals surface area contributed by atoms with Gasteiger partial charge >= 0.3 is 19.8 Å². The van der Waals surface area contributed by atoms with Crippen molar-refractivity contribution in [1.29, 1.82) is 0 Å². The molecule has 10 heteroatoms. The summed E-state index contributed by atoms with van der Waals surface area (Å²) in [4.78, 5) is 35.5. The minimum atomic E-state index is -4.41. The molecule has 0 aliphatic heterocycles. The van der Waals surface area contributed by atoms with Crippen LogP contribution in [0.2, 0.25) is 0 Å². The number of allylic oxidation sites excluding steroid dienone is 22. The van der Waals surface area contributed by atoms with E-state index in [0.717, 1.165) is 109 Å². The normalized spacial score (nSPS) is 13.6. The van der Waals surface area contributed by atoms with Crippen LogP contribution >= 0.6 is 7.82 Å². The number of nitrogens with two attached hydrogens (primary N) is 1. The molecule has 0 aromatic carbocycles. The van der Waals surface area contributed by atoms with Gasteiger partial charge in [0.15, 0.2) is 6.10 Å². The van der Waals surface area contributed by atoms with Gasteiger partial charge in [-0.1, -0.05) is 379 Å². The van der Waals surface area contributed by atoms with E-state index in [-0.39, 0.29) is 38.6 Å². The van der Waals surface area contributed by atoms with Crippen LogP contribution in [0, 0.1) is 0 Å². The number of phosphoric ester groups is 1. The molecule has 0 radical (unpaired) electrons. The van der Waals surface area contributed by atoms with Gasteiger partial charge in [0.25, 0.3) is 0 Å². The molecule has 0 heterocycles. The fourth-order valence-electron chi connectivity index (χ4n) is 11.5. The van der Waals surface area contributed by atoms with Crippen molar-refractivity contribution in [3.8, 4) is 0 Å². The molecule has 0 aliphatic rings. The second-order valence-corrected chi connectivity index (χ2v) is 28.4. The summed E-state index contributed by atoms with van der Waals surface area (Å²) in [5, 5.41) is 0. The summed E-state index contributed by atoms with van der Waals surface area (Å²) in [6, 6.07) is 0. The second-order valence-electron chi connectivity index (χ2n) is 26.9. The first-order valence-corrected chi connectivity index (χ1v) is 42.2. The summed E-state index contributed by atoms with van der Waals surface area (Å²) in [7, 11) is -4.41. The van der Waals surface area contributed by atoms with Crippen molar-refractivity contribution in [2.45, 2.75) is 380 Å². The molecule has 0 saturated heterocycles. The quantitative estimate of drug-likeness (QED) is 0.0264. The Balaban J connectivity index is 3.84. The van der Waals surface area contributed by atoms with Crippen molar-refractivity contribution in [2.24, 2.45) is 5.73 Å². The molecule has 558 valence electrons. The average molecular weight is 1370 g/mol. The number of hydrogen-bond acceptors (Lipinski definition) is 8. The molecule has 0 rings (SSSR count). The van der Waals surface area contributed by atoms with Gasteiger partial charge in [0, 0.05) is 19.4 Å². The van der Waals surface area contributed by atoms with Crippen molar-refractivity contribution in [1.82, 2.24) is 0 Å². The van der Waals surface area contributed by atoms with Gasteiger partial charge < -0.3 is 20.1 Å². The van der Waals surface area contributed by atoms with Crippen molar-refractivity contribution in [3.05, 3.63) is 134 Å². The highest BCUT2D eigenvalue weighted by Crippen LogP contribution is 2.43. The summed E-state index contributed by atoms with van der Waals surface area (Å²) in [5.74, 6) is -0.826. The molecule has 2 unspecified atom stereocenters. The topological polar surface area (TPSA) is 134 Å². The first-order chi connectivity index (χ1) is 47.8. The minimum Gasteiger partial charge on any atom is -0.462 e. The molecular weight excluding hydrogens is 1220 g/mol. The Bertz CT molecular complexity index is 2060. The first-order valence-electron chi connectivity index (χ1n) is 40.7. The lowest BCUT2D eigenvalue weighted by Gasteiger charge is -2.19. The van der Waals surface area contributed by atoms with Crippen LogP contribution in [-0.4, -0.2) is 49.3 Å². The molecule has 0 aliphatic carbocycles. The molecule has 97 heavy (non-hydrogen) atoms. The van der Waals surface area contributed by atoms with Gasteiger partial charge in [0.2, 0.25) is 0 Å². The molecule has 0 fully saturated rings. The van der Waals surface area contributed by atoms with Gasteiger partial charge in [-0.05, 0) is 116 Å². The largest absolute Gasteiger partial charge is 0.472 e. The third-order valence-electron chi connectivity index (χ3n) is 17.5. The lowest BCUT2D eigenvalue weighted by Crippen LogP contribution is -2.29. The predicted molar refractivity (Wildman–Crippen MR) is 422 cm³/mol. The van der Waals surface area contributed by atoms with Gasteiger partial charge in [-0.3, -0.25) is 18.6 Å². The molecule has 0 aromatic heterocycles. The molecule has 0 spiro atoms. The highest BCUT2D eigenvalue weighted by molar-refractivity contribution is 7.47. The van der Waals surface area contributed by atoms with Crippen molar-refractivity contribution < 1.29 is 37.6 Å². The lowest BCUT2D eigenvalue weighted by molar-refractivity contribution is -0.161. The Kier molecular flexibility index (Phi) is 77.9. The van der Waals surface area contributed by atoms with E-state index in [2.05, 4.69) is 148 Å². The number of rotatable bonds is 76. The van der Waals surface area contributed by atoms with Crippen LogP contribution in [0.25, 0.3) is 0 Å². The maximum absolute atomic E-state index is 12.8. The van der Waals surface area contributed by atoms with E-state index in [0.29, 0.717) is 6.42 Å². The predicted octanol–water partition coefficient (Wildman–Crippen LogP) is 27.5. The zero-order valence-electron chi connectivity index (χ0n) is 63.0. The van der Waals surface area contributed by atoms with E-state index in [1.165, 1.54) is 231 Å². The second kappa shape index (κ2) is 81.1. The SMILES string of the molecule is CC/C=C\C/C=C\C/C=C\C/C=C\C/C=C\C/C=C\C/C=C\C/C=C\C/C=C\CCCCCCCCCCCC(=O)OC(COC(=O)CCCCCCCCCCCCCCCCCCCCCCCCCCCCC/C=C\C/C=C\CCCCCCC)COP(=O)(O)OCCN. The Labute approximate surface area is 599 Å². The Hall–Kier alpha value is -3.85. The van der Waals surface area contributed by atoms with Gasteiger partial charge in [0.1, 0.15) is 6.61 Å². The van der Waals surface area contributed by atoms with Gasteiger partial charge in [-0.25, -0.2) is 4.57 Å². The summed E-state index contributed by atoms with van der Waals surface area (Å²) >= 11 is 0. The highest BCUT2D eigenvalue weighted by atomic mass is 31.2. The van der Waals surface area contributed by atoms with E-state index < -0.39 is 26.5 Å². The third kappa shape index (κ3) is 81.0. The zero-order valence-corrected chi connectivity index (χ0v) is 63.9. The zero-order chi connectivity index (χ0) is 70.0. The number of hydrogen-bond donors (Lipinski definition) is 2. The molecule has 0 saturated carbocycles. The van der Waals surface area contributed by atoms with E-state index >= 15 is 0 Å². The smallest absolute Gasteiger partial charge is 0.462 e. The summed E-state index contributed by atoms with van der Waals surface area (Å²) in [6.45, 7) is 3.65. The van der Waals surface area contributed by atoms with E-state index in [1.54, 1.807) is 0 Å². The molecular formula is C87H152NO8P. The molecule has 0 amide bonds. The third-order valence-corrected chi connectivity index (χ3v) is 18.5. The Morgan fingerprint density at radius 3 is 0.845 bits per heavy atom. The number of carbonyl (C=O) groups excluding carboxylic acids is 2. The van der Waals surface area contributed by atoms with Gasteiger partial charge in [-0.15, -0.1) is 0 Å². The Morgan fingerprint density at radius 2 is 0.567 bits per heavy atom. The standard InChI is InChI=1S/C87H152NO8P/c1-3-5-7-9-11-13-15-17-19-21-23-25-27-29-31-33-35-37-39-41-42-44-45-47-49-51-53-55-57-59-61-63-65-67-69-71-73-75-77-79-86(89)93-83-85(84-95-97(91,92)94-82-81-88)96-87(90)80-78-76-74-72-70-68-66-64-62-60-58-56-54-52-50-48-46-43-40-38-36-34-32-30-28-26-24-22-20-18-16-14-12-10-8-6-4-2/h6,8,12,14-15,17-18,20-21,23-24,26,30,32,36,38,43,46,50,52,56,58,85H,3-5,7,9-11,13,16,19,22,25,27-29,31,33-35,37,39-42,44-45,47-49,51,53-55,57,59-84,88H2,1-2H3,(H,91,92)/b8-6-,14-12-,17-15-,20-18-,23-21-,26-24-,32-30-,38-36-,46-43-,52-50-,58-56-. The molecule has 9 nitrogen and oxygen atoms in total. The van der Waals surface area contributed by atoms with Gasteiger partial charge in [-0.2, -0.15) is 0 Å². The van der Waals surface area contributed by atoms with Crippen molar-refractivity contribution >= 4 is 19.8 Å².